The minimum Gasteiger partial charge on any atom is -0.350 e. The topological polar surface area (TPSA) is 69.7 Å². The molecule has 1 aliphatic rings. The molecule has 0 aromatic heterocycles. The number of likely N-dealkylation sites (tertiary alicyclic amines) is 1. The van der Waals surface area contributed by atoms with E-state index in [0.717, 1.165) is 35.8 Å². The highest BCUT2D eigenvalue weighted by atomic mass is 32.2. The summed E-state index contributed by atoms with van der Waals surface area (Å²) in [6.45, 7) is 5.17. The molecule has 0 unspecified atom stereocenters. The summed E-state index contributed by atoms with van der Waals surface area (Å²) >= 11 is 0. The van der Waals surface area contributed by atoms with E-state index >= 15 is 0 Å². The third-order valence-corrected chi connectivity index (χ3v) is 6.93. The van der Waals surface area contributed by atoms with Crippen LogP contribution in [0.5, 0.6) is 0 Å². The molecule has 0 bridgehead atoms. The quantitative estimate of drug-likeness (QED) is 0.619. The van der Waals surface area contributed by atoms with Gasteiger partial charge in [0.1, 0.15) is 11.9 Å². The average molecular weight is 462 g/mol. The van der Waals surface area contributed by atoms with Gasteiger partial charge in [-0.05, 0) is 55.6 Å². The van der Waals surface area contributed by atoms with E-state index in [1.807, 2.05) is 12.1 Å². The number of nitrogens with one attached hydrogen (secondary N) is 1. The monoisotopic (exact) mass is 461 g/mol. The Morgan fingerprint density at radius 1 is 1.06 bits per heavy atom. The standard InChI is InChI=1S/C24H32FN3O3S/c1-3-22(28(32(2,30)31)23-10-6-5-9-21(23)25)24(29)26-17-19-11-13-20(14-12-19)18-27-15-7-4-8-16-27/h5-6,9-14,22H,3-4,7-8,15-18H2,1-2H3,(H,26,29)/t22-/m1/s1. The van der Waals surface area contributed by atoms with Crippen LogP contribution in [0.1, 0.15) is 43.7 Å². The van der Waals surface area contributed by atoms with Crippen LogP contribution in [0.3, 0.4) is 0 Å². The zero-order valence-corrected chi connectivity index (χ0v) is 19.6. The van der Waals surface area contributed by atoms with E-state index in [1.165, 1.54) is 43.0 Å². The van der Waals surface area contributed by atoms with Crippen molar-refractivity contribution in [2.75, 3.05) is 23.7 Å². The molecule has 8 heteroatoms. The molecule has 174 valence electrons. The summed E-state index contributed by atoms with van der Waals surface area (Å²) in [6.07, 6.45) is 5.00. The van der Waals surface area contributed by atoms with Gasteiger partial charge in [-0.3, -0.25) is 14.0 Å². The van der Waals surface area contributed by atoms with Crippen LogP contribution in [0.25, 0.3) is 0 Å². The Morgan fingerprint density at radius 3 is 2.28 bits per heavy atom. The average Bonchev–Trinajstić information content (AvgIpc) is 2.77. The lowest BCUT2D eigenvalue weighted by Crippen LogP contribution is -2.49. The first-order valence-corrected chi connectivity index (χ1v) is 13.0. The third-order valence-electron chi connectivity index (χ3n) is 5.76. The largest absolute Gasteiger partial charge is 0.350 e. The Kier molecular flexibility index (Phi) is 8.26. The second-order valence-corrected chi connectivity index (χ2v) is 10.2. The first-order valence-electron chi connectivity index (χ1n) is 11.1. The first-order chi connectivity index (χ1) is 15.3. The Morgan fingerprint density at radius 2 is 1.69 bits per heavy atom. The SMILES string of the molecule is CC[C@H](C(=O)NCc1ccc(CN2CCCCC2)cc1)N(c1ccccc1F)S(C)(=O)=O. The molecule has 32 heavy (non-hydrogen) atoms. The molecule has 0 spiro atoms. The molecule has 1 amide bonds. The molecule has 1 aliphatic heterocycles. The van der Waals surface area contributed by atoms with Gasteiger partial charge in [0.05, 0.1) is 11.9 Å². The maximum Gasteiger partial charge on any atom is 0.244 e. The zero-order chi connectivity index (χ0) is 23.1. The summed E-state index contributed by atoms with van der Waals surface area (Å²) in [7, 11) is -3.87. The maximum atomic E-state index is 14.3. The number of sulfonamides is 1. The van der Waals surface area contributed by atoms with Crippen LogP contribution in [0.15, 0.2) is 48.5 Å². The third kappa shape index (κ3) is 6.29. The number of anilines is 1. The van der Waals surface area contributed by atoms with Gasteiger partial charge in [0.25, 0.3) is 0 Å². The number of carbonyl (C=O) groups is 1. The van der Waals surface area contributed by atoms with Crippen molar-refractivity contribution in [1.82, 2.24) is 10.2 Å². The van der Waals surface area contributed by atoms with E-state index in [1.54, 1.807) is 13.0 Å². The summed E-state index contributed by atoms with van der Waals surface area (Å²) in [6, 6.07) is 12.6. The number of benzene rings is 2. The van der Waals surface area contributed by atoms with Gasteiger partial charge >= 0.3 is 0 Å². The van der Waals surface area contributed by atoms with Crippen LogP contribution in [0, 0.1) is 5.82 Å². The number of amides is 1. The van der Waals surface area contributed by atoms with Gasteiger partial charge in [-0.15, -0.1) is 0 Å². The molecule has 2 aromatic carbocycles. The molecule has 2 aromatic rings. The molecule has 1 atom stereocenters. The van der Waals surface area contributed by atoms with Crippen molar-refractivity contribution < 1.29 is 17.6 Å². The highest BCUT2D eigenvalue weighted by Crippen LogP contribution is 2.25. The molecule has 0 aliphatic carbocycles. The second kappa shape index (κ2) is 10.9. The predicted molar refractivity (Wildman–Crippen MR) is 125 cm³/mol. The van der Waals surface area contributed by atoms with E-state index < -0.39 is 27.8 Å². The van der Waals surface area contributed by atoms with Crippen LogP contribution in [-0.4, -0.2) is 44.6 Å². The summed E-state index contributed by atoms with van der Waals surface area (Å²) < 4.78 is 40.1. The number of nitrogens with zero attached hydrogens (tertiary/aromatic N) is 2. The number of piperidine rings is 1. The van der Waals surface area contributed by atoms with Gasteiger partial charge in [0, 0.05) is 13.1 Å². The second-order valence-electron chi connectivity index (χ2n) is 8.31. The number of hydrogen-bond donors (Lipinski definition) is 1. The fourth-order valence-electron chi connectivity index (χ4n) is 4.11. The highest BCUT2D eigenvalue weighted by molar-refractivity contribution is 7.92. The van der Waals surface area contributed by atoms with Gasteiger partial charge in [-0.1, -0.05) is 49.7 Å². The fourth-order valence-corrected chi connectivity index (χ4v) is 5.32. The number of carbonyl (C=O) groups excluding carboxylic acids is 1. The highest BCUT2D eigenvalue weighted by Gasteiger charge is 2.32. The van der Waals surface area contributed by atoms with Crippen LogP contribution >= 0.6 is 0 Å². The van der Waals surface area contributed by atoms with Gasteiger partial charge < -0.3 is 5.32 Å². The maximum absolute atomic E-state index is 14.3. The molecule has 1 saturated heterocycles. The smallest absolute Gasteiger partial charge is 0.244 e. The van der Waals surface area contributed by atoms with Crippen molar-refractivity contribution in [2.24, 2.45) is 0 Å². The Bertz CT molecular complexity index is 1010. The van der Waals surface area contributed by atoms with Crippen LogP contribution in [-0.2, 0) is 27.9 Å². The van der Waals surface area contributed by atoms with E-state index in [0.29, 0.717) is 0 Å². The fraction of sp³-hybridized carbons (Fsp3) is 0.458. The van der Waals surface area contributed by atoms with E-state index in [9.17, 15) is 17.6 Å². The lowest BCUT2D eigenvalue weighted by atomic mass is 10.1. The molecule has 1 fully saturated rings. The number of para-hydroxylation sites is 1. The van der Waals surface area contributed by atoms with Gasteiger partial charge in [0.15, 0.2) is 0 Å². The molecule has 0 radical (unpaired) electrons. The van der Waals surface area contributed by atoms with E-state index in [4.69, 9.17) is 0 Å². The zero-order valence-electron chi connectivity index (χ0n) is 18.8. The van der Waals surface area contributed by atoms with Gasteiger partial charge in [-0.25, -0.2) is 12.8 Å². The number of halogens is 1. The van der Waals surface area contributed by atoms with E-state index in [2.05, 4.69) is 22.3 Å². The number of hydrogen-bond acceptors (Lipinski definition) is 4. The predicted octanol–water partition coefficient (Wildman–Crippen LogP) is 3.67. The molecule has 1 N–H and O–H groups in total. The van der Waals surface area contributed by atoms with Crippen molar-refractivity contribution in [2.45, 2.75) is 51.7 Å². The lowest BCUT2D eigenvalue weighted by molar-refractivity contribution is -0.122. The Balaban J connectivity index is 1.66. The minimum atomic E-state index is -3.87. The summed E-state index contributed by atoms with van der Waals surface area (Å²) in [5.41, 5.74) is 2.03. The molecule has 3 rings (SSSR count). The van der Waals surface area contributed by atoms with Crippen molar-refractivity contribution in [3.05, 3.63) is 65.5 Å². The molecular weight excluding hydrogens is 429 g/mol. The van der Waals surface area contributed by atoms with Gasteiger partial charge in [-0.2, -0.15) is 0 Å². The van der Waals surface area contributed by atoms with E-state index in [-0.39, 0.29) is 18.7 Å². The Labute approximate surface area is 190 Å². The van der Waals surface area contributed by atoms with Crippen molar-refractivity contribution >= 4 is 21.6 Å². The van der Waals surface area contributed by atoms with Crippen LogP contribution < -0.4 is 9.62 Å². The molecule has 1 heterocycles. The summed E-state index contributed by atoms with van der Waals surface area (Å²) in [5, 5.41) is 2.81. The van der Waals surface area contributed by atoms with Crippen LogP contribution in [0.2, 0.25) is 0 Å². The Hall–Kier alpha value is -2.45. The van der Waals surface area contributed by atoms with Crippen molar-refractivity contribution in [3.8, 4) is 0 Å². The van der Waals surface area contributed by atoms with Crippen molar-refractivity contribution in [1.29, 1.82) is 0 Å². The van der Waals surface area contributed by atoms with Crippen LogP contribution in [0.4, 0.5) is 10.1 Å². The molecular formula is C24H32FN3O3S. The summed E-state index contributed by atoms with van der Waals surface area (Å²) in [4.78, 5) is 15.4. The van der Waals surface area contributed by atoms with Crippen molar-refractivity contribution in [3.63, 3.8) is 0 Å². The van der Waals surface area contributed by atoms with Gasteiger partial charge in [0.2, 0.25) is 15.9 Å². The number of rotatable bonds is 9. The first kappa shape index (κ1) is 24.2. The molecule has 6 nitrogen and oxygen atoms in total. The molecule has 0 saturated carbocycles. The summed E-state index contributed by atoms with van der Waals surface area (Å²) in [5.74, 6) is -1.15. The normalized spacial score (nSPS) is 15.8. The minimum absolute atomic E-state index is 0.126. The lowest BCUT2D eigenvalue weighted by Gasteiger charge is -2.30.